The minimum absolute atomic E-state index is 0.656. The molecule has 3 aromatic carbocycles. The van der Waals surface area contributed by atoms with E-state index < -0.39 is 6.10 Å². The topological polar surface area (TPSA) is 29.5 Å². The van der Waals surface area contributed by atoms with Gasteiger partial charge in [0.25, 0.3) is 0 Å². The molecule has 2 nitrogen and oxygen atoms in total. The number of methoxy groups -OCH3 is 1. The van der Waals surface area contributed by atoms with Crippen molar-refractivity contribution in [3.05, 3.63) is 77.9 Å². The van der Waals surface area contributed by atoms with Crippen LogP contribution in [0.1, 0.15) is 17.2 Å². The summed E-state index contributed by atoms with van der Waals surface area (Å²) in [5.41, 5.74) is 1.75. The van der Waals surface area contributed by atoms with Crippen LogP contribution in [0, 0.1) is 0 Å². The summed E-state index contributed by atoms with van der Waals surface area (Å²) in [4.78, 5) is 0. The highest BCUT2D eigenvalue weighted by Crippen LogP contribution is 2.30. The number of aliphatic hydroxyl groups excluding tert-OH is 1. The van der Waals surface area contributed by atoms with E-state index in [1.54, 1.807) is 7.11 Å². The highest BCUT2D eigenvalue weighted by Gasteiger charge is 2.13. The Morgan fingerprint density at radius 2 is 1.65 bits per heavy atom. The summed E-state index contributed by atoms with van der Waals surface area (Å²) in [6, 6.07) is 21.6. The van der Waals surface area contributed by atoms with Gasteiger partial charge in [0.1, 0.15) is 11.9 Å². The highest BCUT2D eigenvalue weighted by atomic mass is 16.5. The van der Waals surface area contributed by atoms with Gasteiger partial charge >= 0.3 is 0 Å². The second-order valence-electron chi connectivity index (χ2n) is 4.75. The second kappa shape index (κ2) is 5.35. The summed E-state index contributed by atoms with van der Waals surface area (Å²) in [6.07, 6.45) is -0.656. The lowest BCUT2D eigenvalue weighted by atomic mass is 9.96. The van der Waals surface area contributed by atoms with Crippen LogP contribution >= 0.6 is 0 Å². The van der Waals surface area contributed by atoms with E-state index in [2.05, 4.69) is 12.1 Å². The molecule has 1 atom stereocenters. The monoisotopic (exact) mass is 264 g/mol. The Balaban J connectivity index is 2.10. The first-order valence-electron chi connectivity index (χ1n) is 6.59. The summed E-state index contributed by atoms with van der Waals surface area (Å²) < 4.78 is 5.22. The van der Waals surface area contributed by atoms with Crippen LogP contribution < -0.4 is 4.74 Å². The maximum atomic E-state index is 10.7. The summed E-state index contributed by atoms with van der Waals surface area (Å²) in [5.74, 6) is 0.752. The zero-order chi connectivity index (χ0) is 13.9. The predicted octanol–water partition coefficient (Wildman–Crippen LogP) is 3.93. The third-order valence-electron chi connectivity index (χ3n) is 3.53. The fraction of sp³-hybridized carbons (Fsp3) is 0.111. The van der Waals surface area contributed by atoms with Crippen molar-refractivity contribution in [1.82, 2.24) is 0 Å². The molecule has 0 aromatic heterocycles. The van der Waals surface area contributed by atoms with Crippen molar-refractivity contribution in [3.8, 4) is 5.75 Å². The van der Waals surface area contributed by atoms with Crippen molar-refractivity contribution >= 4 is 10.8 Å². The van der Waals surface area contributed by atoms with Crippen molar-refractivity contribution in [2.24, 2.45) is 0 Å². The number of ether oxygens (including phenoxy) is 1. The zero-order valence-electron chi connectivity index (χ0n) is 11.3. The summed E-state index contributed by atoms with van der Waals surface area (Å²) in [5, 5.41) is 12.9. The van der Waals surface area contributed by atoms with Gasteiger partial charge in [-0.25, -0.2) is 0 Å². The lowest BCUT2D eigenvalue weighted by Crippen LogP contribution is -2.00. The molecule has 0 heterocycles. The summed E-state index contributed by atoms with van der Waals surface area (Å²) in [7, 11) is 1.63. The van der Waals surface area contributed by atoms with Crippen LogP contribution in [0.2, 0.25) is 0 Å². The van der Waals surface area contributed by atoms with Crippen LogP contribution in [0.15, 0.2) is 66.7 Å². The summed E-state index contributed by atoms with van der Waals surface area (Å²) >= 11 is 0. The van der Waals surface area contributed by atoms with Crippen LogP contribution in [0.25, 0.3) is 10.8 Å². The van der Waals surface area contributed by atoms with Crippen molar-refractivity contribution in [2.75, 3.05) is 7.11 Å². The largest absolute Gasteiger partial charge is 0.497 e. The van der Waals surface area contributed by atoms with Crippen LogP contribution in [0.3, 0.4) is 0 Å². The molecule has 0 unspecified atom stereocenters. The van der Waals surface area contributed by atoms with Crippen molar-refractivity contribution in [2.45, 2.75) is 6.10 Å². The van der Waals surface area contributed by atoms with Gasteiger partial charge in [-0.2, -0.15) is 0 Å². The first-order valence-corrected chi connectivity index (χ1v) is 6.59. The molecular formula is C18H16O2. The van der Waals surface area contributed by atoms with Gasteiger partial charge in [-0.3, -0.25) is 0 Å². The lowest BCUT2D eigenvalue weighted by Gasteiger charge is -2.15. The van der Waals surface area contributed by atoms with E-state index in [4.69, 9.17) is 4.74 Å². The van der Waals surface area contributed by atoms with E-state index in [1.165, 1.54) is 0 Å². The van der Waals surface area contributed by atoms with Crippen LogP contribution in [-0.4, -0.2) is 12.2 Å². The molecule has 0 amide bonds. The zero-order valence-corrected chi connectivity index (χ0v) is 11.3. The molecule has 0 spiro atoms. The van der Waals surface area contributed by atoms with E-state index in [1.807, 2.05) is 54.6 Å². The fourth-order valence-electron chi connectivity index (χ4n) is 2.48. The molecule has 20 heavy (non-hydrogen) atoms. The smallest absolute Gasteiger partial charge is 0.119 e. The number of fused-ring (bicyclic) bond motifs is 1. The number of hydrogen-bond donors (Lipinski definition) is 1. The number of hydrogen-bond acceptors (Lipinski definition) is 2. The van der Waals surface area contributed by atoms with Gasteiger partial charge in [-0.05, 0) is 34.0 Å². The molecule has 1 N–H and O–H groups in total. The molecule has 0 bridgehead atoms. The maximum absolute atomic E-state index is 10.7. The Bertz CT molecular complexity index is 729. The second-order valence-corrected chi connectivity index (χ2v) is 4.75. The average molecular weight is 264 g/mol. The van der Waals surface area contributed by atoms with Crippen LogP contribution in [0.4, 0.5) is 0 Å². The van der Waals surface area contributed by atoms with E-state index in [0.717, 1.165) is 27.6 Å². The van der Waals surface area contributed by atoms with Gasteiger partial charge < -0.3 is 9.84 Å². The first kappa shape index (κ1) is 12.7. The first-order chi connectivity index (χ1) is 9.79. The van der Waals surface area contributed by atoms with Gasteiger partial charge in [0.05, 0.1) is 7.11 Å². The predicted molar refractivity (Wildman–Crippen MR) is 81.0 cm³/mol. The van der Waals surface area contributed by atoms with E-state index in [0.29, 0.717) is 0 Å². The number of aliphatic hydroxyl groups is 1. The highest BCUT2D eigenvalue weighted by molar-refractivity contribution is 5.86. The Labute approximate surface area is 118 Å². The molecule has 0 radical (unpaired) electrons. The molecular weight excluding hydrogens is 248 g/mol. The molecule has 3 rings (SSSR count). The molecule has 0 saturated heterocycles. The molecule has 0 aliphatic carbocycles. The summed E-state index contributed by atoms with van der Waals surface area (Å²) in [6.45, 7) is 0. The molecule has 100 valence electrons. The van der Waals surface area contributed by atoms with E-state index >= 15 is 0 Å². The normalized spacial score (nSPS) is 12.3. The van der Waals surface area contributed by atoms with Gasteiger partial charge in [0.15, 0.2) is 0 Å². The number of benzene rings is 3. The average Bonchev–Trinajstić information content (AvgIpc) is 2.53. The molecule has 0 aliphatic rings. The van der Waals surface area contributed by atoms with Gasteiger partial charge in [-0.15, -0.1) is 0 Å². The van der Waals surface area contributed by atoms with Gasteiger partial charge in [0.2, 0.25) is 0 Å². The molecule has 2 heteroatoms. The van der Waals surface area contributed by atoms with Crippen molar-refractivity contribution in [3.63, 3.8) is 0 Å². The molecule has 0 aliphatic heterocycles. The Morgan fingerprint density at radius 3 is 2.50 bits per heavy atom. The van der Waals surface area contributed by atoms with Gasteiger partial charge in [0, 0.05) is 0 Å². The van der Waals surface area contributed by atoms with E-state index in [-0.39, 0.29) is 0 Å². The Kier molecular flexibility index (Phi) is 3.40. The Morgan fingerprint density at radius 1 is 0.900 bits per heavy atom. The van der Waals surface area contributed by atoms with Crippen LogP contribution in [-0.2, 0) is 0 Å². The van der Waals surface area contributed by atoms with Gasteiger partial charge in [-0.1, -0.05) is 54.6 Å². The molecule has 3 aromatic rings. The lowest BCUT2D eigenvalue weighted by molar-refractivity contribution is 0.221. The third kappa shape index (κ3) is 2.26. The SMILES string of the molecule is COc1cccc([C@H](O)c2cccc3ccccc23)c1. The Hall–Kier alpha value is -2.32. The third-order valence-corrected chi connectivity index (χ3v) is 3.53. The molecule has 0 saturated carbocycles. The minimum atomic E-state index is -0.656. The van der Waals surface area contributed by atoms with E-state index in [9.17, 15) is 5.11 Å². The quantitative estimate of drug-likeness (QED) is 0.776. The maximum Gasteiger partial charge on any atom is 0.119 e. The standard InChI is InChI=1S/C18H16O2/c1-20-15-9-4-8-14(12-15)18(19)17-11-5-7-13-6-2-3-10-16(13)17/h2-12,18-19H,1H3/t18-/m0/s1. The van der Waals surface area contributed by atoms with Crippen molar-refractivity contribution < 1.29 is 9.84 Å². The number of rotatable bonds is 3. The fourth-order valence-corrected chi connectivity index (χ4v) is 2.48. The van der Waals surface area contributed by atoms with Crippen LogP contribution in [0.5, 0.6) is 5.75 Å². The minimum Gasteiger partial charge on any atom is -0.497 e. The van der Waals surface area contributed by atoms with Crippen molar-refractivity contribution in [1.29, 1.82) is 0 Å². The molecule has 0 fully saturated rings.